The summed E-state index contributed by atoms with van der Waals surface area (Å²) in [4.78, 5) is 14.0. The van der Waals surface area contributed by atoms with Gasteiger partial charge in [0.1, 0.15) is 11.8 Å². The lowest BCUT2D eigenvalue weighted by Crippen LogP contribution is -1.98. The van der Waals surface area contributed by atoms with Crippen molar-refractivity contribution >= 4 is 21.6 Å². The molecule has 0 aliphatic heterocycles. The van der Waals surface area contributed by atoms with E-state index >= 15 is 0 Å². The van der Waals surface area contributed by atoms with Crippen LogP contribution in [0, 0.1) is 16.2 Å². The number of fused-ring (bicyclic) bond motifs is 1. The molecular weight excluding hydrogens is 238 g/mol. The van der Waals surface area contributed by atoms with Crippen molar-refractivity contribution in [2.75, 3.05) is 13.2 Å². The molecular formula is C11H9N3O2S. The molecule has 0 saturated heterocycles. The third-order valence-corrected chi connectivity index (χ3v) is 3.04. The van der Waals surface area contributed by atoms with Crippen LogP contribution in [-0.2, 0) is 0 Å². The number of nitroso groups, excluding NO2 is 1. The van der Waals surface area contributed by atoms with Crippen LogP contribution in [0.4, 0.5) is 0 Å². The normalized spacial score (nSPS) is 10.1. The second kappa shape index (κ2) is 5.37. The van der Waals surface area contributed by atoms with Gasteiger partial charge in [-0.15, -0.1) is 11.3 Å². The monoisotopic (exact) mass is 247 g/mol. The van der Waals surface area contributed by atoms with Crippen molar-refractivity contribution in [2.45, 2.75) is 6.42 Å². The molecule has 0 fully saturated rings. The maximum atomic E-state index is 9.88. The number of ether oxygens (including phenoxy) is 1. The summed E-state index contributed by atoms with van der Waals surface area (Å²) in [7, 11) is 0. The molecule has 0 aliphatic carbocycles. The molecule has 86 valence electrons. The Balaban J connectivity index is 2.09. The molecule has 0 N–H and O–H groups in total. The van der Waals surface area contributed by atoms with Crippen LogP contribution in [0.25, 0.3) is 10.2 Å². The van der Waals surface area contributed by atoms with Crippen molar-refractivity contribution in [1.29, 1.82) is 5.26 Å². The highest BCUT2D eigenvalue weighted by Crippen LogP contribution is 2.25. The largest absolute Gasteiger partial charge is 0.493 e. The summed E-state index contributed by atoms with van der Waals surface area (Å²) >= 11 is 1.33. The van der Waals surface area contributed by atoms with Gasteiger partial charge >= 0.3 is 0 Å². The van der Waals surface area contributed by atoms with Crippen molar-refractivity contribution in [3.8, 4) is 11.8 Å². The minimum Gasteiger partial charge on any atom is -0.493 e. The van der Waals surface area contributed by atoms with Gasteiger partial charge in [-0.2, -0.15) is 10.2 Å². The fourth-order valence-electron chi connectivity index (χ4n) is 1.36. The molecule has 6 heteroatoms. The van der Waals surface area contributed by atoms with Crippen molar-refractivity contribution in [3.05, 3.63) is 28.1 Å². The Morgan fingerprint density at radius 2 is 2.41 bits per heavy atom. The van der Waals surface area contributed by atoms with Gasteiger partial charge in [-0.1, -0.05) is 5.18 Å². The molecule has 1 aromatic heterocycles. The molecule has 0 atom stereocenters. The lowest BCUT2D eigenvalue weighted by Gasteiger charge is -2.03. The molecule has 1 aromatic carbocycles. The zero-order valence-electron chi connectivity index (χ0n) is 8.92. The Bertz CT molecular complexity index is 574. The SMILES string of the molecule is N#Cc1nc2ccc(OCCCN=O)cc2s1. The number of hydrogen-bond donors (Lipinski definition) is 0. The van der Waals surface area contributed by atoms with E-state index in [2.05, 4.69) is 10.2 Å². The summed E-state index contributed by atoms with van der Waals surface area (Å²) in [5.74, 6) is 0.719. The Morgan fingerprint density at radius 3 is 3.18 bits per heavy atom. The van der Waals surface area contributed by atoms with Crippen molar-refractivity contribution in [2.24, 2.45) is 5.18 Å². The second-order valence-electron chi connectivity index (χ2n) is 3.32. The van der Waals surface area contributed by atoms with Crippen LogP contribution in [0.5, 0.6) is 5.75 Å². The number of nitrogens with zero attached hydrogens (tertiary/aromatic N) is 3. The minimum absolute atomic E-state index is 0.265. The predicted octanol–water partition coefficient (Wildman–Crippen LogP) is 2.70. The highest BCUT2D eigenvalue weighted by atomic mass is 32.1. The van der Waals surface area contributed by atoms with Gasteiger partial charge in [-0.05, 0) is 18.2 Å². The Hall–Kier alpha value is -2.00. The fourth-order valence-corrected chi connectivity index (χ4v) is 2.15. The first-order valence-electron chi connectivity index (χ1n) is 5.06. The average molecular weight is 247 g/mol. The van der Waals surface area contributed by atoms with Gasteiger partial charge in [0.05, 0.1) is 23.4 Å². The Kier molecular flexibility index (Phi) is 3.62. The zero-order chi connectivity index (χ0) is 12.1. The second-order valence-corrected chi connectivity index (χ2v) is 4.35. The first-order valence-corrected chi connectivity index (χ1v) is 5.88. The lowest BCUT2D eigenvalue weighted by molar-refractivity contribution is 0.314. The lowest BCUT2D eigenvalue weighted by atomic mass is 10.3. The summed E-state index contributed by atoms with van der Waals surface area (Å²) in [6.07, 6.45) is 0.605. The molecule has 1 heterocycles. The van der Waals surface area contributed by atoms with E-state index in [9.17, 15) is 4.91 Å². The summed E-state index contributed by atoms with van der Waals surface area (Å²) in [5.41, 5.74) is 0.799. The molecule has 17 heavy (non-hydrogen) atoms. The third kappa shape index (κ3) is 2.77. The fraction of sp³-hybridized carbons (Fsp3) is 0.273. The molecule has 0 radical (unpaired) electrons. The van der Waals surface area contributed by atoms with Gasteiger partial charge < -0.3 is 4.74 Å². The number of hydrogen-bond acceptors (Lipinski definition) is 6. The van der Waals surface area contributed by atoms with Crippen LogP contribution in [-0.4, -0.2) is 18.1 Å². The van der Waals surface area contributed by atoms with E-state index in [-0.39, 0.29) is 6.54 Å². The zero-order valence-corrected chi connectivity index (χ0v) is 9.74. The van der Waals surface area contributed by atoms with E-state index in [0.717, 1.165) is 16.0 Å². The van der Waals surface area contributed by atoms with Crippen molar-refractivity contribution in [3.63, 3.8) is 0 Å². The number of aromatic nitrogens is 1. The first kappa shape index (κ1) is 11.5. The highest BCUT2D eigenvalue weighted by molar-refractivity contribution is 7.19. The standard InChI is InChI=1S/C11H9N3O2S/c12-7-11-14-9-3-2-8(6-10(9)17-11)16-5-1-4-13-15/h2-3,6H,1,4-5H2. The maximum absolute atomic E-state index is 9.88. The van der Waals surface area contributed by atoms with Crippen LogP contribution in [0.3, 0.4) is 0 Å². The van der Waals surface area contributed by atoms with Crippen LogP contribution in [0.1, 0.15) is 11.4 Å². The van der Waals surface area contributed by atoms with Crippen LogP contribution >= 0.6 is 11.3 Å². The van der Waals surface area contributed by atoms with E-state index in [1.54, 1.807) is 6.07 Å². The van der Waals surface area contributed by atoms with Gasteiger partial charge in [0.25, 0.3) is 0 Å². The van der Waals surface area contributed by atoms with Gasteiger partial charge in [0.15, 0.2) is 5.01 Å². The van der Waals surface area contributed by atoms with E-state index < -0.39 is 0 Å². The van der Waals surface area contributed by atoms with E-state index in [1.165, 1.54) is 11.3 Å². The smallest absolute Gasteiger partial charge is 0.195 e. The van der Waals surface area contributed by atoms with Crippen molar-refractivity contribution in [1.82, 2.24) is 4.98 Å². The average Bonchev–Trinajstić information content (AvgIpc) is 2.77. The maximum Gasteiger partial charge on any atom is 0.195 e. The molecule has 0 bridgehead atoms. The molecule has 2 rings (SSSR count). The highest BCUT2D eigenvalue weighted by Gasteiger charge is 2.04. The molecule has 2 aromatic rings. The van der Waals surface area contributed by atoms with Gasteiger partial charge in [-0.25, -0.2) is 4.98 Å². The number of thiazole rings is 1. The summed E-state index contributed by atoms with van der Waals surface area (Å²) < 4.78 is 6.38. The van der Waals surface area contributed by atoms with Crippen LogP contribution in [0.15, 0.2) is 23.4 Å². The van der Waals surface area contributed by atoms with Crippen LogP contribution in [0.2, 0.25) is 0 Å². The third-order valence-electron chi connectivity index (χ3n) is 2.12. The summed E-state index contributed by atoms with van der Waals surface area (Å²) in [5, 5.41) is 11.9. The molecule has 0 unspecified atom stereocenters. The van der Waals surface area contributed by atoms with E-state index in [4.69, 9.17) is 10.00 Å². The Labute approximate surface area is 102 Å². The number of benzene rings is 1. The van der Waals surface area contributed by atoms with Gasteiger partial charge in [-0.3, -0.25) is 0 Å². The van der Waals surface area contributed by atoms with Gasteiger partial charge in [0.2, 0.25) is 0 Å². The molecule has 5 nitrogen and oxygen atoms in total. The Morgan fingerprint density at radius 1 is 1.53 bits per heavy atom. The van der Waals surface area contributed by atoms with E-state index in [1.807, 2.05) is 18.2 Å². The molecule has 0 aliphatic rings. The number of nitriles is 1. The molecule has 0 amide bonds. The molecule has 0 spiro atoms. The van der Waals surface area contributed by atoms with Gasteiger partial charge in [0, 0.05) is 6.42 Å². The number of rotatable bonds is 5. The minimum atomic E-state index is 0.265. The summed E-state index contributed by atoms with van der Waals surface area (Å²) in [6.45, 7) is 0.725. The quantitative estimate of drug-likeness (QED) is 0.601. The predicted molar refractivity (Wildman–Crippen MR) is 65.1 cm³/mol. The van der Waals surface area contributed by atoms with Crippen molar-refractivity contribution < 1.29 is 4.74 Å². The molecule has 0 saturated carbocycles. The first-order chi connectivity index (χ1) is 8.33. The topological polar surface area (TPSA) is 75.3 Å². The van der Waals surface area contributed by atoms with E-state index in [0.29, 0.717) is 18.0 Å². The summed E-state index contributed by atoms with van der Waals surface area (Å²) in [6, 6.07) is 7.49. The van der Waals surface area contributed by atoms with Crippen LogP contribution < -0.4 is 4.74 Å².